The first-order chi connectivity index (χ1) is 21.6. The van der Waals surface area contributed by atoms with Gasteiger partial charge in [-0.2, -0.15) is 0 Å². The highest BCUT2D eigenvalue weighted by molar-refractivity contribution is 5.78. The Morgan fingerprint density at radius 2 is 1.84 bits per heavy atom. The van der Waals surface area contributed by atoms with E-state index in [0.29, 0.717) is 26.0 Å². The van der Waals surface area contributed by atoms with Gasteiger partial charge in [0.25, 0.3) is 0 Å². The number of benzene rings is 2. The number of fused-ring (bicyclic) bond motifs is 1. The van der Waals surface area contributed by atoms with E-state index in [9.17, 15) is 4.79 Å². The number of pyridine rings is 1. The first-order valence-corrected chi connectivity index (χ1v) is 15.9. The van der Waals surface area contributed by atoms with Crippen molar-refractivity contribution in [3.8, 4) is 11.1 Å². The molecule has 0 saturated carbocycles. The van der Waals surface area contributed by atoms with Gasteiger partial charge in [-0.25, -0.2) is 9.97 Å². The van der Waals surface area contributed by atoms with E-state index >= 15 is 0 Å². The SMILES string of the molecule is COCCCn1c([C@@H]2CCCN(C(=O)C[C@H](N)Cc3ccc(-c4ccc(N5CCOCC5)nc4)cc3)C2)nc2ccccc21. The van der Waals surface area contributed by atoms with Crippen molar-refractivity contribution in [1.82, 2.24) is 19.4 Å². The number of anilines is 1. The maximum atomic E-state index is 13.4. The molecule has 0 unspecified atom stereocenters. The summed E-state index contributed by atoms with van der Waals surface area (Å²) < 4.78 is 13.1. The molecule has 9 heteroatoms. The summed E-state index contributed by atoms with van der Waals surface area (Å²) >= 11 is 0. The maximum Gasteiger partial charge on any atom is 0.224 e. The number of methoxy groups -OCH3 is 1. The molecule has 2 aliphatic rings. The Labute approximate surface area is 260 Å². The third-order valence-electron chi connectivity index (χ3n) is 8.86. The van der Waals surface area contributed by atoms with Crippen LogP contribution in [-0.4, -0.2) is 84.5 Å². The van der Waals surface area contributed by atoms with E-state index in [2.05, 4.69) is 69.0 Å². The molecule has 0 spiro atoms. The highest BCUT2D eigenvalue weighted by Gasteiger charge is 2.29. The lowest BCUT2D eigenvalue weighted by Gasteiger charge is -2.33. The van der Waals surface area contributed by atoms with Gasteiger partial charge in [0.15, 0.2) is 0 Å². The van der Waals surface area contributed by atoms with Gasteiger partial charge in [0.1, 0.15) is 11.6 Å². The van der Waals surface area contributed by atoms with Crippen molar-refractivity contribution in [3.05, 3.63) is 78.2 Å². The number of hydrogen-bond acceptors (Lipinski definition) is 7. The molecule has 2 saturated heterocycles. The van der Waals surface area contributed by atoms with Crippen LogP contribution in [0.3, 0.4) is 0 Å². The average Bonchev–Trinajstić information content (AvgIpc) is 3.44. The van der Waals surface area contributed by atoms with Crippen LogP contribution >= 0.6 is 0 Å². The lowest BCUT2D eigenvalue weighted by Crippen LogP contribution is -2.42. The largest absolute Gasteiger partial charge is 0.385 e. The Morgan fingerprint density at radius 3 is 2.61 bits per heavy atom. The van der Waals surface area contributed by atoms with Crippen molar-refractivity contribution in [2.24, 2.45) is 5.73 Å². The highest BCUT2D eigenvalue weighted by atomic mass is 16.5. The van der Waals surface area contributed by atoms with Crippen molar-refractivity contribution in [1.29, 1.82) is 0 Å². The van der Waals surface area contributed by atoms with Gasteiger partial charge in [-0.05, 0) is 61.1 Å². The Morgan fingerprint density at radius 1 is 1.05 bits per heavy atom. The van der Waals surface area contributed by atoms with Gasteiger partial charge in [-0.1, -0.05) is 36.4 Å². The number of morpholine rings is 1. The molecule has 2 aliphatic heterocycles. The number of likely N-dealkylation sites (tertiary alicyclic amines) is 1. The number of ether oxygens (including phenoxy) is 2. The van der Waals surface area contributed by atoms with Crippen molar-refractivity contribution in [3.63, 3.8) is 0 Å². The first kappa shape index (κ1) is 30.2. The summed E-state index contributed by atoms with van der Waals surface area (Å²) in [7, 11) is 1.74. The molecular weight excluding hydrogens is 552 g/mol. The molecule has 0 aliphatic carbocycles. The van der Waals surface area contributed by atoms with E-state index in [1.807, 2.05) is 17.2 Å². The molecule has 2 fully saturated rings. The van der Waals surface area contributed by atoms with Gasteiger partial charge in [0.2, 0.25) is 5.91 Å². The second-order valence-electron chi connectivity index (χ2n) is 12.0. The third-order valence-corrected chi connectivity index (χ3v) is 8.86. The van der Waals surface area contributed by atoms with Crippen LogP contribution in [0.25, 0.3) is 22.2 Å². The van der Waals surface area contributed by atoms with E-state index in [4.69, 9.17) is 20.2 Å². The number of rotatable bonds is 11. The molecule has 6 rings (SSSR count). The maximum absolute atomic E-state index is 13.4. The molecule has 1 amide bonds. The zero-order valence-corrected chi connectivity index (χ0v) is 25.7. The number of imidazole rings is 1. The van der Waals surface area contributed by atoms with E-state index < -0.39 is 0 Å². The van der Waals surface area contributed by atoms with E-state index in [-0.39, 0.29) is 17.9 Å². The standard InChI is InChI=1S/C35H44N6O3/c1-43-19-5-16-41-32-8-3-2-7-31(32)38-35(41)29-6-4-15-40(25-29)34(42)23-30(36)22-26-9-11-27(12-10-26)28-13-14-33(37-24-28)39-17-20-44-21-18-39/h2-3,7-14,24,29-30H,4-6,15-23,25,36H2,1H3/t29-,30-/m1/s1. The summed E-state index contributed by atoms with van der Waals surface area (Å²) in [6, 6.07) is 20.7. The van der Waals surface area contributed by atoms with Gasteiger partial charge in [0, 0.05) is 76.6 Å². The molecule has 9 nitrogen and oxygen atoms in total. The molecule has 2 N–H and O–H groups in total. The van der Waals surface area contributed by atoms with Crippen LogP contribution in [0.4, 0.5) is 5.82 Å². The zero-order valence-electron chi connectivity index (χ0n) is 25.7. The second-order valence-corrected chi connectivity index (χ2v) is 12.0. The van der Waals surface area contributed by atoms with Gasteiger partial charge in [-0.3, -0.25) is 4.79 Å². The molecule has 4 aromatic rings. The first-order valence-electron chi connectivity index (χ1n) is 15.9. The Bertz CT molecular complexity index is 1510. The van der Waals surface area contributed by atoms with Gasteiger partial charge < -0.3 is 29.6 Å². The molecular formula is C35H44N6O3. The number of piperidine rings is 1. The quantitative estimate of drug-likeness (QED) is 0.252. The number of para-hydroxylation sites is 2. The molecule has 4 heterocycles. The number of nitrogens with zero attached hydrogens (tertiary/aromatic N) is 5. The highest BCUT2D eigenvalue weighted by Crippen LogP contribution is 2.30. The van der Waals surface area contributed by atoms with Crippen LogP contribution < -0.4 is 10.6 Å². The number of amides is 1. The molecule has 0 bridgehead atoms. The minimum atomic E-state index is -0.234. The fraction of sp³-hybridized carbons (Fsp3) is 0.457. The van der Waals surface area contributed by atoms with Crippen molar-refractivity contribution < 1.29 is 14.3 Å². The normalized spacial score (nSPS) is 18.1. The lowest BCUT2D eigenvalue weighted by atomic mass is 9.95. The van der Waals surface area contributed by atoms with Crippen LogP contribution in [0, 0.1) is 0 Å². The van der Waals surface area contributed by atoms with Crippen molar-refractivity contribution in [2.75, 3.05) is 58.0 Å². The molecule has 2 aromatic carbocycles. The fourth-order valence-corrected chi connectivity index (χ4v) is 6.52. The predicted octanol–water partition coefficient (Wildman–Crippen LogP) is 4.64. The van der Waals surface area contributed by atoms with Crippen LogP contribution in [0.1, 0.15) is 43.0 Å². The molecule has 44 heavy (non-hydrogen) atoms. The van der Waals surface area contributed by atoms with E-state index in [1.54, 1.807) is 7.11 Å². The van der Waals surface area contributed by atoms with E-state index in [0.717, 1.165) is 98.0 Å². The van der Waals surface area contributed by atoms with Crippen LogP contribution in [-0.2, 0) is 27.2 Å². The predicted molar refractivity (Wildman–Crippen MR) is 174 cm³/mol. The van der Waals surface area contributed by atoms with Crippen LogP contribution in [0.15, 0.2) is 66.9 Å². The number of carbonyl (C=O) groups excluding carboxylic acids is 1. The topological polar surface area (TPSA) is 98.7 Å². The number of aryl methyl sites for hydroxylation is 1. The summed E-state index contributed by atoms with van der Waals surface area (Å²) in [6.45, 7) is 6.27. The summed E-state index contributed by atoms with van der Waals surface area (Å²) in [5, 5.41) is 0. The summed E-state index contributed by atoms with van der Waals surface area (Å²) in [4.78, 5) is 27.4. The zero-order chi connectivity index (χ0) is 30.3. The number of nitrogens with two attached hydrogens (primary N) is 1. The monoisotopic (exact) mass is 596 g/mol. The Hall–Kier alpha value is -3.79. The molecule has 232 valence electrons. The van der Waals surface area contributed by atoms with Gasteiger partial charge >= 0.3 is 0 Å². The Kier molecular flexibility index (Phi) is 9.85. The number of aromatic nitrogens is 3. The minimum Gasteiger partial charge on any atom is -0.385 e. The third kappa shape index (κ3) is 7.12. The van der Waals surface area contributed by atoms with Gasteiger partial charge in [0.05, 0.1) is 24.2 Å². The van der Waals surface area contributed by atoms with Crippen LogP contribution in [0.2, 0.25) is 0 Å². The molecule has 2 atom stereocenters. The van der Waals surface area contributed by atoms with Crippen molar-refractivity contribution >= 4 is 22.8 Å². The average molecular weight is 597 g/mol. The van der Waals surface area contributed by atoms with E-state index in [1.165, 1.54) is 0 Å². The summed E-state index contributed by atoms with van der Waals surface area (Å²) in [6.07, 6.45) is 5.86. The lowest BCUT2D eigenvalue weighted by molar-refractivity contribution is -0.132. The van der Waals surface area contributed by atoms with Gasteiger partial charge in [-0.15, -0.1) is 0 Å². The number of hydrogen-bond donors (Lipinski definition) is 1. The fourth-order valence-electron chi connectivity index (χ4n) is 6.52. The van der Waals surface area contributed by atoms with Crippen LogP contribution in [0.5, 0.6) is 0 Å². The smallest absolute Gasteiger partial charge is 0.224 e. The molecule has 0 radical (unpaired) electrons. The Balaban J connectivity index is 1.04. The summed E-state index contributed by atoms with van der Waals surface area (Å²) in [5.74, 6) is 2.41. The minimum absolute atomic E-state index is 0.132. The summed E-state index contributed by atoms with van der Waals surface area (Å²) in [5.41, 5.74) is 12.0. The second kappa shape index (κ2) is 14.3. The number of carbonyl (C=O) groups is 1. The molecule has 2 aromatic heterocycles. The van der Waals surface area contributed by atoms with Crippen molar-refractivity contribution in [2.45, 2.75) is 50.6 Å².